The van der Waals surface area contributed by atoms with Gasteiger partial charge in [-0.1, -0.05) is 0 Å². The number of pyridine rings is 2. The third-order valence-corrected chi connectivity index (χ3v) is 7.49. The number of nitrogens with zero attached hydrogens (tertiary/aromatic N) is 4. The van der Waals surface area contributed by atoms with Crippen LogP contribution in [0.4, 0.5) is 13.2 Å². The smallest absolute Gasteiger partial charge is 0.417 e. The van der Waals surface area contributed by atoms with Crippen LogP contribution in [-0.2, 0) is 6.18 Å². The molecule has 0 radical (unpaired) electrons. The Bertz CT molecular complexity index is 1170. The number of ether oxygens (including phenoxy) is 1. The summed E-state index contributed by atoms with van der Waals surface area (Å²) in [6.45, 7) is 0.658. The minimum Gasteiger partial charge on any atom is -0.472 e. The molecule has 1 amide bonds. The van der Waals surface area contributed by atoms with Gasteiger partial charge in [-0.15, -0.1) is 11.3 Å². The van der Waals surface area contributed by atoms with Gasteiger partial charge in [-0.2, -0.15) is 13.2 Å². The molecule has 0 aromatic carbocycles. The van der Waals surface area contributed by atoms with Crippen molar-refractivity contribution in [2.75, 3.05) is 6.54 Å². The zero-order chi connectivity index (χ0) is 22.0. The quantitative estimate of drug-likeness (QED) is 0.588. The lowest BCUT2D eigenvalue weighted by Gasteiger charge is -2.30. The van der Waals surface area contributed by atoms with Crippen LogP contribution in [0.5, 0.6) is 5.88 Å². The molecule has 0 bridgehead atoms. The molecule has 3 aliphatic rings. The van der Waals surface area contributed by atoms with E-state index in [0.29, 0.717) is 40.6 Å². The highest BCUT2D eigenvalue weighted by molar-refractivity contribution is 7.13. The molecule has 3 aromatic heterocycles. The standard InChI is InChI=1S/C22H17F3N4O2S/c23-22(24,25)11-3-4-16(28-9-11)31-15-8-13-14-10-29(19(15)17(13)14)21(30)12-2-1-5-26-18(12)20-27-6-7-32-20/h1-7,9,13-15,17,19H,8,10H2. The fourth-order valence-corrected chi connectivity index (χ4v) is 5.98. The number of piperidine rings is 1. The predicted octanol–water partition coefficient (Wildman–Crippen LogP) is 4.16. The minimum absolute atomic E-state index is 0.116. The molecule has 3 fully saturated rings. The summed E-state index contributed by atoms with van der Waals surface area (Å²) in [7, 11) is 0. The van der Waals surface area contributed by atoms with Crippen LogP contribution in [0.3, 0.4) is 0 Å². The maximum absolute atomic E-state index is 13.5. The van der Waals surface area contributed by atoms with Crippen molar-refractivity contribution >= 4 is 17.2 Å². The van der Waals surface area contributed by atoms with E-state index in [1.54, 1.807) is 24.5 Å². The van der Waals surface area contributed by atoms with Gasteiger partial charge in [0.2, 0.25) is 5.88 Å². The summed E-state index contributed by atoms with van der Waals surface area (Å²) in [5.41, 5.74) is 0.242. The summed E-state index contributed by atoms with van der Waals surface area (Å²) in [6, 6.07) is 5.58. The van der Waals surface area contributed by atoms with Gasteiger partial charge in [0.05, 0.1) is 17.2 Å². The normalized spacial score (nSPS) is 28.0. The number of carbonyl (C=O) groups excluding carboxylic acids is 1. The number of amides is 1. The molecule has 1 saturated heterocycles. The van der Waals surface area contributed by atoms with Crippen LogP contribution in [0.15, 0.2) is 48.2 Å². The number of aromatic nitrogens is 3. The lowest BCUT2D eigenvalue weighted by molar-refractivity contribution is -0.137. The Morgan fingerprint density at radius 3 is 2.72 bits per heavy atom. The van der Waals surface area contributed by atoms with Crippen LogP contribution in [0.25, 0.3) is 10.7 Å². The van der Waals surface area contributed by atoms with Gasteiger partial charge in [0.25, 0.3) is 5.91 Å². The number of hydrogen-bond donors (Lipinski definition) is 0. The monoisotopic (exact) mass is 458 g/mol. The summed E-state index contributed by atoms with van der Waals surface area (Å²) in [5, 5.41) is 2.52. The van der Waals surface area contributed by atoms with Crippen molar-refractivity contribution < 1.29 is 22.7 Å². The van der Waals surface area contributed by atoms with E-state index >= 15 is 0 Å². The number of likely N-dealkylation sites (tertiary alicyclic amines) is 1. The third-order valence-electron chi connectivity index (χ3n) is 6.71. The number of fused-ring (bicyclic) bond motifs is 1. The maximum atomic E-state index is 13.5. The molecule has 5 atom stereocenters. The Kier molecular flexibility index (Phi) is 4.30. The highest BCUT2D eigenvalue weighted by Crippen LogP contribution is 2.64. The molecule has 4 heterocycles. The van der Waals surface area contributed by atoms with Crippen LogP contribution in [-0.4, -0.2) is 44.4 Å². The highest BCUT2D eigenvalue weighted by Gasteiger charge is 2.70. The van der Waals surface area contributed by atoms with Crippen molar-refractivity contribution in [3.05, 3.63) is 59.4 Å². The maximum Gasteiger partial charge on any atom is 0.417 e. The highest BCUT2D eigenvalue weighted by atomic mass is 32.1. The second kappa shape index (κ2) is 6.99. The van der Waals surface area contributed by atoms with E-state index in [1.165, 1.54) is 17.4 Å². The SMILES string of the molecule is O=C(c1cccnc1-c1nccs1)N1CC2C3CC(Oc4ccc(C(F)(F)F)cn4)C1C32. The lowest BCUT2D eigenvalue weighted by Crippen LogP contribution is -2.44. The third kappa shape index (κ3) is 3.08. The zero-order valence-electron chi connectivity index (χ0n) is 16.6. The number of hydrogen-bond acceptors (Lipinski definition) is 6. The van der Waals surface area contributed by atoms with Crippen LogP contribution < -0.4 is 4.74 Å². The first-order valence-electron chi connectivity index (χ1n) is 10.3. The van der Waals surface area contributed by atoms with Crippen molar-refractivity contribution in [1.82, 2.24) is 19.9 Å². The number of thiazole rings is 1. The van der Waals surface area contributed by atoms with E-state index in [-0.39, 0.29) is 23.9 Å². The minimum atomic E-state index is -4.44. The Labute approximate surface area is 185 Å². The summed E-state index contributed by atoms with van der Waals surface area (Å²) in [6.07, 6.45) is 0.137. The molecule has 3 aromatic rings. The van der Waals surface area contributed by atoms with Gasteiger partial charge in [0, 0.05) is 36.6 Å². The molecule has 2 saturated carbocycles. The molecule has 0 spiro atoms. The van der Waals surface area contributed by atoms with E-state index in [1.807, 2.05) is 10.3 Å². The largest absolute Gasteiger partial charge is 0.472 e. The molecule has 6 rings (SSSR count). The van der Waals surface area contributed by atoms with E-state index < -0.39 is 11.7 Å². The first-order chi connectivity index (χ1) is 15.4. The van der Waals surface area contributed by atoms with Crippen LogP contribution in [0.2, 0.25) is 0 Å². The molecule has 6 nitrogen and oxygen atoms in total. The number of halogens is 3. The predicted molar refractivity (Wildman–Crippen MR) is 109 cm³/mol. The van der Waals surface area contributed by atoms with E-state index in [4.69, 9.17) is 4.74 Å². The Balaban J connectivity index is 1.25. The van der Waals surface area contributed by atoms with Crippen molar-refractivity contribution in [2.24, 2.45) is 17.8 Å². The number of carbonyl (C=O) groups is 1. The van der Waals surface area contributed by atoms with Crippen LogP contribution in [0, 0.1) is 17.8 Å². The summed E-state index contributed by atoms with van der Waals surface area (Å²) >= 11 is 1.42. The zero-order valence-corrected chi connectivity index (χ0v) is 17.4. The summed E-state index contributed by atoms with van der Waals surface area (Å²) < 4.78 is 44.4. The van der Waals surface area contributed by atoms with Crippen molar-refractivity contribution in [3.63, 3.8) is 0 Å². The van der Waals surface area contributed by atoms with Gasteiger partial charge in [0.15, 0.2) is 0 Å². The topological polar surface area (TPSA) is 68.2 Å². The average molecular weight is 458 g/mol. The fraction of sp³-hybridized carbons (Fsp3) is 0.364. The van der Waals surface area contributed by atoms with Gasteiger partial charge >= 0.3 is 6.18 Å². The molecular weight excluding hydrogens is 441 g/mol. The van der Waals surface area contributed by atoms with Crippen LogP contribution in [0.1, 0.15) is 22.3 Å². The molecule has 5 unspecified atom stereocenters. The molecule has 32 heavy (non-hydrogen) atoms. The van der Waals surface area contributed by atoms with Gasteiger partial charge < -0.3 is 9.64 Å². The second-order valence-electron chi connectivity index (χ2n) is 8.36. The van der Waals surface area contributed by atoms with Crippen molar-refractivity contribution in [1.29, 1.82) is 0 Å². The summed E-state index contributed by atoms with van der Waals surface area (Å²) in [4.78, 5) is 27.9. The van der Waals surface area contributed by atoms with Gasteiger partial charge in [-0.3, -0.25) is 9.78 Å². The molecule has 0 N–H and O–H groups in total. The van der Waals surface area contributed by atoms with Gasteiger partial charge in [-0.25, -0.2) is 9.97 Å². The van der Waals surface area contributed by atoms with E-state index in [9.17, 15) is 18.0 Å². The van der Waals surface area contributed by atoms with Crippen molar-refractivity contribution in [2.45, 2.75) is 24.7 Å². The molecule has 164 valence electrons. The molecule has 10 heteroatoms. The molecular formula is C22H17F3N4O2S. The van der Waals surface area contributed by atoms with E-state index in [0.717, 1.165) is 18.7 Å². The molecule has 2 aliphatic carbocycles. The first kappa shape index (κ1) is 19.7. The fourth-order valence-electron chi connectivity index (χ4n) is 5.34. The second-order valence-corrected chi connectivity index (χ2v) is 9.26. The Morgan fingerprint density at radius 1 is 1.12 bits per heavy atom. The van der Waals surface area contributed by atoms with Crippen LogP contribution >= 0.6 is 11.3 Å². The molecule has 1 aliphatic heterocycles. The van der Waals surface area contributed by atoms with Gasteiger partial charge in [-0.05, 0) is 42.4 Å². The lowest BCUT2D eigenvalue weighted by atomic mass is 10.1. The number of alkyl halides is 3. The van der Waals surface area contributed by atoms with Crippen molar-refractivity contribution in [3.8, 4) is 16.6 Å². The average Bonchev–Trinajstić information content (AvgIpc) is 3.19. The Hall–Kier alpha value is -3.01. The summed E-state index contributed by atoms with van der Waals surface area (Å²) in [5.74, 6) is 1.36. The number of rotatable bonds is 4. The Morgan fingerprint density at radius 2 is 2.00 bits per heavy atom. The van der Waals surface area contributed by atoms with Gasteiger partial charge in [0.1, 0.15) is 16.8 Å². The first-order valence-corrected chi connectivity index (χ1v) is 11.2. The van der Waals surface area contributed by atoms with E-state index in [2.05, 4.69) is 15.0 Å².